The third kappa shape index (κ3) is 5.46. The number of nitrogens with one attached hydrogen (secondary N) is 1. The number of phenols is 1. The molecule has 0 fully saturated rings. The standard InChI is InChI=1S/C24H19NO5S/c26-19-10-9-16-11-17(24(28)30-22(16)13-19)15-31-21-8-4-5-18(12-21)25-23(27)14-29-20-6-2-1-3-7-20/h1-13,26H,14-15H2,(H,25,27). The minimum absolute atomic E-state index is 0.0470. The lowest BCUT2D eigenvalue weighted by Gasteiger charge is -2.09. The Kier molecular flexibility index (Phi) is 6.24. The monoisotopic (exact) mass is 433 g/mol. The highest BCUT2D eigenvalue weighted by atomic mass is 32.2. The molecule has 1 aromatic heterocycles. The van der Waals surface area contributed by atoms with Crippen molar-refractivity contribution in [3.63, 3.8) is 0 Å². The van der Waals surface area contributed by atoms with Crippen molar-refractivity contribution in [2.75, 3.05) is 11.9 Å². The van der Waals surface area contributed by atoms with Gasteiger partial charge in [0.25, 0.3) is 5.91 Å². The third-order valence-corrected chi connectivity index (χ3v) is 5.46. The van der Waals surface area contributed by atoms with Crippen LogP contribution in [-0.2, 0) is 10.5 Å². The maximum atomic E-state index is 12.2. The molecule has 0 aliphatic carbocycles. The smallest absolute Gasteiger partial charge is 0.340 e. The van der Waals surface area contributed by atoms with Crippen molar-refractivity contribution >= 4 is 34.3 Å². The lowest BCUT2D eigenvalue weighted by Crippen LogP contribution is -2.20. The summed E-state index contributed by atoms with van der Waals surface area (Å²) in [5, 5.41) is 13.1. The molecule has 4 rings (SSSR count). The van der Waals surface area contributed by atoms with Gasteiger partial charge in [-0.25, -0.2) is 4.79 Å². The Bertz CT molecular complexity index is 1270. The number of thioether (sulfide) groups is 1. The number of ether oxygens (including phenoxy) is 1. The first kappa shape index (κ1) is 20.6. The molecule has 0 aliphatic rings. The zero-order valence-electron chi connectivity index (χ0n) is 16.4. The second kappa shape index (κ2) is 9.40. The highest BCUT2D eigenvalue weighted by molar-refractivity contribution is 7.98. The number of benzene rings is 3. The van der Waals surface area contributed by atoms with Crippen LogP contribution in [0.3, 0.4) is 0 Å². The van der Waals surface area contributed by atoms with E-state index in [4.69, 9.17) is 9.15 Å². The molecule has 0 saturated heterocycles. The fourth-order valence-electron chi connectivity index (χ4n) is 2.93. The maximum Gasteiger partial charge on any atom is 0.340 e. The van der Waals surface area contributed by atoms with Gasteiger partial charge in [0.05, 0.1) is 0 Å². The van der Waals surface area contributed by atoms with E-state index in [1.165, 1.54) is 17.8 Å². The van der Waals surface area contributed by atoms with Crippen LogP contribution in [0.2, 0.25) is 0 Å². The second-order valence-corrected chi connectivity index (χ2v) is 7.80. The molecular formula is C24H19NO5S. The molecule has 0 radical (unpaired) electrons. The van der Waals surface area contributed by atoms with Crippen molar-refractivity contribution in [1.29, 1.82) is 0 Å². The quantitative estimate of drug-likeness (QED) is 0.321. The van der Waals surface area contributed by atoms with E-state index >= 15 is 0 Å². The van der Waals surface area contributed by atoms with Gasteiger partial charge < -0.3 is 19.6 Å². The van der Waals surface area contributed by atoms with Crippen LogP contribution in [-0.4, -0.2) is 17.6 Å². The lowest BCUT2D eigenvalue weighted by molar-refractivity contribution is -0.118. The maximum absolute atomic E-state index is 12.2. The molecule has 31 heavy (non-hydrogen) atoms. The SMILES string of the molecule is O=C(COc1ccccc1)Nc1cccc(SCc2cc3ccc(O)cc3oc2=O)c1. The van der Waals surface area contributed by atoms with Gasteiger partial charge in [-0.3, -0.25) is 4.79 Å². The highest BCUT2D eigenvalue weighted by Gasteiger charge is 2.08. The van der Waals surface area contributed by atoms with Gasteiger partial charge in [0.15, 0.2) is 6.61 Å². The molecule has 4 aromatic rings. The van der Waals surface area contributed by atoms with Crippen molar-refractivity contribution in [3.05, 3.63) is 94.8 Å². The van der Waals surface area contributed by atoms with Crippen LogP contribution in [0.15, 0.2) is 93.0 Å². The first-order valence-corrected chi connectivity index (χ1v) is 10.5. The summed E-state index contributed by atoms with van der Waals surface area (Å²) in [6.07, 6.45) is 0. The van der Waals surface area contributed by atoms with Crippen LogP contribution in [0, 0.1) is 0 Å². The Morgan fingerprint density at radius 3 is 2.68 bits per heavy atom. The fourth-order valence-corrected chi connectivity index (χ4v) is 3.84. The summed E-state index contributed by atoms with van der Waals surface area (Å²) < 4.78 is 10.8. The van der Waals surface area contributed by atoms with Gasteiger partial charge >= 0.3 is 5.63 Å². The summed E-state index contributed by atoms with van der Waals surface area (Å²) in [5.74, 6) is 0.829. The number of hydrogen-bond donors (Lipinski definition) is 2. The Labute approximate surface area is 182 Å². The van der Waals surface area contributed by atoms with Crippen molar-refractivity contribution in [2.45, 2.75) is 10.6 Å². The topological polar surface area (TPSA) is 88.8 Å². The number of fused-ring (bicyclic) bond motifs is 1. The van der Waals surface area contributed by atoms with E-state index in [9.17, 15) is 14.7 Å². The van der Waals surface area contributed by atoms with Gasteiger partial charge in [0, 0.05) is 33.4 Å². The number of carbonyl (C=O) groups is 1. The number of aromatic hydroxyl groups is 1. The number of para-hydroxylation sites is 1. The highest BCUT2D eigenvalue weighted by Crippen LogP contribution is 2.26. The average molecular weight is 433 g/mol. The lowest BCUT2D eigenvalue weighted by atomic mass is 10.2. The van der Waals surface area contributed by atoms with E-state index in [-0.39, 0.29) is 18.3 Å². The summed E-state index contributed by atoms with van der Waals surface area (Å²) >= 11 is 1.46. The molecule has 0 atom stereocenters. The molecule has 0 aliphatic heterocycles. The molecule has 0 saturated carbocycles. The molecule has 0 spiro atoms. The molecule has 3 aromatic carbocycles. The molecule has 1 amide bonds. The van der Waals surface area contributed by atoms with E-state index in [1.54, 1.807) is 36.4 Å². The number of phenolic OH excluding ortho intramolecular Hbond substituents is 1. The summed E-state index contributed by atoms with van der Waals surface area (Å²) in [7, 11) is 0. The van der Waals surface area contributed by atoms with Gasteiger partial charge in [-0.2, -0.15) is 0 Å². The van der Waals surface area contributed by atoms with Gasteiger partial charge in [0.2, 0.25) is 0 Å². The third-order valence-electron chi connectivity index (χ3n) is 4.42. The number of hydrogen-bond acceptors (Lipinski definition) is 6. The van der Waals surface area contributed by atoms with Crippen LogP contribution in [0.1, 0.15) is 5.56 Å². The molecule has 2 N–H and O–H groups in total. The Morgan fingerprint density at radius 2 is 1.84 bits per heavy atom. The zero-order chi connectivity index (χ0) is 21.6. The predicted octanol–water partition coefficient (Wildman–Crippen LogP) is 4.81. The molecule has 156 valence electrons. The van der Waals surface area contributed by atoms with Gasteiger partial charge in [-0.15, -0.1) is 11.8 Å². The minimum atomic E-state index is -0.437. The summed E-state index contributed by atoms with van der Waals surface area (Å²) in [6.45, 7) is -0.0882. The van der Waals surface area contributed by atoms with Crippen LogP contribution in [0.25, 0.3) is 11.0 Å². The Balaban J connectivity index is 1.38. The molecule has 7 heteroatoms. The summed E-state index contributed by atoms with van der Waals surface area (Å²) in [4.78, 5) is 25.3. The molecule has 6 nitrogen and oxygen atoms in total. The van der Waals surface area contributed by atoms with Crippen LogP contribution in [0.5, 0.6) is 11.5 Å². The van der Waals surface area contributed by atoms with E-state index in [2.05, 4.69) is 5.32 Å². The molecule has 0 bridgehead atoms. The Morgan fingerprint density at radius 1 is 1.00 bits per heavy atom. The van der Waals surface area contributed by atoms with Crippen molar-refractivity contribution in [2.24, 2.45) is 0 Å². The van der Waals surface area contributed by atoms with Crippen molar-refractivity contribution < 1.29 is 19.1 Å². The van der Waals surface area contributed by atoms with E-state index in [0.29, 0.717) is 28.3 Å². The number of anilines is 1. The minimum Gasteiger partial charge on any atom is -0.508 e. The molecular weight excluding hydrogens is 414 g/mol. The number of carbonyl (C=O) groups excluding carboxylic acids is 1. The van der Waals surface area contributed by atoms with Gasteiger partial charge in [0.1, 0.15) is 17.1 Å². The van der Waals surface area contributed by atoms with E-state index in [1.807, 2.05) is 36.4 Å². The van der Waals surface area contributed by atoms with Crippen LogP contribution >= 0.6 is 11.8 Å². The average Bonchev–Trinajstić information content (AvgIpc) is 2.77. The molecule has 0 unspecified atom stereocenters. The number of amides is 1. The van der Waals surface area contributed by atoms with E-state index < -0.39 is 5.63 Å². The van der Waals surface area contributed by atoms with Crippen molar-refractivity contribution in [1.82, 2.24) is 0 Å². The summed E-state index contributed by atoms with van der Waals surface area (Å²) in [5.41, 5.74) is 1.08. The number of rotatable bonds is 7. The predicted molar refractivity (Wildman–Crippen MR) is 121 cm³/mol. The van der Waals surface area contributed by atoms with Crippen molar-refractivity contribution in [3.8, 4) is 11.5 Å². The first-order valence-electron chi connectivity index (χ1n) is 9.53. The van der Waals surface area contributed by atoms with Gasteiger partial charge in [-0.05, 0) is 48.5 Å². The fraction of sp³-hybridized carbons (Fsp3) is 0.0833. The second-order valence-electron chi connectivity index (χ2n) is 6.75. The summed E-state index contributed by atoms with van der Waals surface area (Å²) in [6, 6.07) is 22.9. The zero-order valence-corrected chi connectivity index (χ0v) is 17.2. The Hall–Kier alpha value is -3.71. The van der Waals surface area contributed by atoms with Crippen LogP contribution < -0.4 is 15.7 Å². The largest absolute Gasteiger partial charge is 0.508 e. The van der Waals surface area contributed by atoms with Gasteiger partial charge in [-0.1, -0.05) is 24.3 Å². The van der Waals surface area contributed by atoms with E-state index in [0.717, 1.165) is 10.3 Å². The normalized spacial score (nSPS) is 10.7. The van der Waals surface area contributed by atoms with Crippen LogP contribution in [0.4, 0.5) is 5.69 Å². The molecule has 1 heterocycles. The first-order chi connectivity index (χ1) is 15.1.